The van der Waals surface area contributed by atoms with Crippen LogP contribution in [0, 0.1) is 5.41 Å². The van der Waals surface area contributed by atoms with Gasteiger partial charge in [-0.25, -0.2) is 0 Å². The number of nitrogens with zero attached hydrogens (tertiary/aromatic N) is 2. The first-order chi connectivity index (χ1) is 10.6. The molecule has 1 aliphatic rings. The van der Waals surface area contributed by atoms with E-state index in [-0.39, 0.29) is 12.0 Å². The van der Waals surface area contributed by atoms with Crippen molar-refractivity contribution in [3.8, 4) is 0 Å². The van der Waals surface area contributed by atoms with Crippen LogP contribution in [0.15, 0.2) is 4.99 Å². The largest absolute Gasteiger partial charge is 0.396 e. The third-order valence-electron chi connectivity index (χ3n) is 4.60. The number of aliphatic imine (C=N–C) groups is 1. The maximum atomic E-state index is 9.38. The molecule has 0 heterocycles. The van der Waals surface area contributed by atoms with Crippen molar-refractivity contribution in [3.05, 3.63) is 0 Å². The van der Waals surface area contributed by atoms with E-state index in [2.05, 4.69) is 48.2 Å². The number of guanidine groups is 1. The zero-order valence-electron chi connectivity index (χ0n) is 15.0. The van der Waals surface area contributed by atoms with E-state index in [1.54, 1.807) is 0 Å². The Labute approximate surface area is 136 Å². The van der Waals surface area contributed by atoms with E-state index in [0.717, 1.165) is 51.4 Å². The third kappa shape index (κ3) is 6.97. The summed E-state index contributed by atoms with van der Waals surface area (Å²) in [7, 11) is 0. The average Bonchev–Trinajstić information content (AvgIpc) is 3.30. The lowest BCUT2D eigenvalue weighted by Crippen LogP contribution is -2.43. The van der Waals surface area contributed by atoms with E-state index in [0.29, 0.717) is 6.04 Å². The quantitative estimate of drug-likeness (QED) is 0.402. The van der Waals surface area contributed by atoms with Gasteiger partial charge in [-0.1, -0.05) is 13.8 Å². The molecule has 0 radical (unpaired) electrons. The zero-order valence-corrected chi connectivity index (χ0v) is 15.0. The highest BCUT2D eigenvalue weighted by Gasteiger charge is 2.41. The summed E-state index contributed by atoms with van der Waals surface area (Å²) in [6.45, 7) is 14.0. The lowest BCUT2D eigenvalue weighted by Gasteiger charge is -2.21. The number of nitrogens with one attached hydrogen (secondary N) is 2. The van der Waals surface area contributed by atoms with Crippen LogP contribution in [-0.4, -0.2) is 61.3 Å². The SMILES string of the molecule is CCNC(=NCC1(CO)CC1)NC(C)CCCN(CC)CC. The van der Waals surface area contributed by atoms with Crippen molar-refractivity contribution in [2.75, 3.05) is 39.3 Å². The van der Waals surface area contributed by atoms with Gasteiger partial charge in [-0.3, -0.25) is 4.99 Å². The first-order valence-corrected chi connectivity index (χ1v) is 8.97. The number of hydrogen-bond donors (Lipinski definition) is 3. The fourth-order valence-electron chi connectivity index (χ4n) is 2.58. The summed E-state index contributed by atoms with van der Waals surface area (Å²) in [4.78, 5) is 7.12. The van der Waals surface area contributed by atoms with Crippen molar-refractivity contribution in [2.45, 2.75) is 59.4 Å². The Kier molecular flexibility index (Phi) is 8.79. The van der Waals surface area contributed by atoms with Crippen molar-refractivity contribution in [1.82, 2.24) is 15.5 Å². The van der Waals surface area contributed by atoms with Gasteiger partial charge in [-0.05, 0) is 59.2 Å². The highest BCUT2D eigenvalue weighted by molar-refractivity contribution is 5.80. The van der Waals surface area contributed by atoms with Gasteiger partial charge in [0.15, 0.2) is 5.96 Å². The highest BCUT2D eigenvalue weighted by Crippen LogP contribution is 2.45. The van der Waals surface area contributed by atoms with Crippen LogP contribution in [0.2, 0.25) is 0 Å². The topological polar surface area (TPSA) is 59.9 Å². The molecule has 5 nitrogen and oxygen atoms in total. The molecule has 0 aliphatic heterocycles. The fraction of sp³-hybridized carbons (Fsp3) is 0.941. The molecular weight excluding hydrogens is 276 g/mol. The van der Waals surface area contributed by atoms with Gasteiger partial charge in [-0.2, -0.15) is 0 Å². The van der Waals surface area contributed by atoms with Gasteiger partial charge in [-0.15, -0.1) is 0 Å². The minimum absolute atomic E-state index is 0.0777. The fourth-order valence-corrected chi connectivity index (χ4v) is 2.58. The van der Waals surface area contributed by atoms with Crippen molar-refractivity contribution < 1.29 is 5.11 Å². The van der Waals surface area contributed by atoms with Crippen LogP contribution in [-0.2, 0) is 0 Å². The summed E-state index contributed by atoms with van der Waals surface area (Å²) in [6, 6.07) is 0.414. The molecule has 0 bridgehead atoms. The molecule has 0 saturated heterocycles. The summed E-state index contributed by atoms with van der Waals surface area (Å²) in [5.41, 5.74) is 0.0777. The summed E-state index contributed by atoms with van der Waals surface area (Å²) in [5.74, 6) is 0.887. The summed E-state index contributed by atoms with van der Waals surface area (Å²) >= 11 is 0. The molecule has 1 rings (SSSR count). The smallest absolute Gasteiger partial charge is 0.191 e. The molecule has 1 saturated carbocycles. The second-order valence-corrected chi connectivity index (χ2v) is 6.57. The predicted octanol–water partition coefficient (Wildman–Crippen LogP) is 1.82. The second kappa shape index (κ2) is 10.1. The molecule has 0 aromatic rings. The molecule has 22 heavy (non-hydrogen) atoms. The molecule has 3 N–H and O–H groups in total. The van der Waals surface area contributed by atoms with Crippen molar-refractivity contribution >= 4 is 5.96 Å². The lowest BCUT2D eigenvalue weighted by molar-refractivity contribution is 0.216. The molecule has 0 amide bonds. The van der Waals surface area contributed by atoms with Crippen LogP contribution in [0.25, 0.3) is 0 Å². The molecule has 0 spiro atoms. The van der Waals surface area contributed by atoms with E-state index in [1.807, 2.05) is 0 Å². The van der Waals surface area contributed by atoms with Gasteiger partial charge in [0.1, 0.15) is 0 Å². The number of aliphatic hydroxyl groups is 1. The predicted molar refractivity (Wildman–Crippen MR) is 94.4 cm³/mol. The van der Waals surface area contributed by atoms with Gasteiger partial charge >= 0.3 is 0 Å². The Morgan fingerprint density at radius 2 is 1.95 bits per heavy atom. The maximum Gasteiger partial charge on any atom is 0.191 e. The standard InChI is InChI=1S/C17H36N4O/c1-5-18-16(19-13-17(14-22)10-11-17)20-15(4)9-8-12-21(6-2)7-3/h15,22H,5-14H2,1-4H3,(H2,18,19,20). The van der Waals surface area contributed by atoms with Crippen LogP contribution in [0.3, 0.4) is 0 Å². The Morgan fingerprint density at radius 1 is 1.27 bits per heavy atom. The summed E-state index contributed by atoms with van der Waals surface area (Å²) in [6.07, 6.45) is 4.56. The maximum absolute atomic E-state index is 9.38. The molecule has 1 atom stereocenters. The minimum atomic E-state index is 0.0777. The molecule has 1 aliphatic carbocycles. The summed E-state index contributed by atoms with van der Waals surface area (Å²) in [5, 5.41) is 16.2. The molecule has 130 valence electrons. The molecular formula is C17H36N4O. The molecule has 1 unspecified atom stereocenters. The van der Waals surface area contributed by atoms with Gasteiger partial charge in [0.05, 0.1) is 13.2 Å². The zero-order chi connectivity index (χ0) is 16.4. The minimum Gasteiger partial charge on any atom is -0.396 e. The summed E-state index contributed by atoms with van der Waals surface area (Å²) < 4.78 is 0. The number of aliphatic hydroxyl groups excluding tert-OH is 1. The first kappa shape index (κ1) is 19.2. The Bertz CT molecular complexity index is 325. The molecule has 1 fully saturated rings. The normalized spacial score (nSPS) is 18.4. The number of rotatable bonds is 11. The van der Waals surface area contributed by atoms with Crippen LogP contribution >= 0.6 is 0 Å². The van der Waals surface area contributed by atoms with E-state index in [4.69, 9.17) is 0 Å². The average molecular weight is 313 g/mol. The van der Waals surface area contributed by atoms with E-state index in [1.165, 1.54) is 13.0 Å². The van der Waals surface area contributed by atoms with Gasteiger partial charge in [0, 0.05) is 18.0 Å². The monoisotopic (exact) mass is 312 g/mol. The van der Waals surface area contributed by atoms with Crippen LogP contribution in [0.4, 0.5) is 0 Å². The first-order valence-electron chi connectivity index (χ1n) is 8.97. The van der Waals surface area contributed by atoms with Crippen LogP contribution < -0.4 is 10.6 Å². The van der Waals surface area contributed by atoms with Crippen LogP contribution in [0.1, 0.15) is 53.4 Å². The van der Waals surface area contributed by atoms with Crippen LogP contribution in [0.5, 0.6) is 0 Å². The van der Waals surface area contributed by atoms with E-state index in [9.17, 15) is 5.11 Å². The van der Waals surface area contributed by atoms with Crippen molar-refractivity contribution in [2.24, 2.45) is 10.4 Å². The van der Waals surface area contributed by atoms with Crippen molar-refractivity contribution in [1.29, 1.82) is 0 Å². The number of hydrogen-bond acceptors (Lipinski definition) is 3. The lowest BCUT2D eigenvalue weighted by atomic mass is 10.1. The second-order valence-electron chi connectivity index (χ2n) is 6.57. The van der Waals surface area contributed by atoms with Crippen molar-refractivity contribution in [3.63, 3.8) is 0 Å². The molecule has 0 aromatic heterocycles. The van der Waals surface area contributed by atoms with Gasteiger partial charge in [0.25, 0.3) is 0 Å². The Hall–Kier alpha value is -0.810. The Morgan fingerprint density at radius 3 is 2.45 bits per heavy atom. The third-order valence-corrected chi connectivity index (χ3v) is 4.60. The highest BCUT2D eigenvalue weighted by atomic mass is 16.3. The van der Waals surface area contributed by atoms with E-state index < -0.39 is 0 Å². The molecule has 5 heteroatoms. The van der Waals surface area contributed by atoms with E-state index >= 15 is 0 Å². The van der Waals surface area contributed by atoms with Gasteiger partial charge < -0.3 is 20.6 Å². The van der Waals surface area contributed by atoms with Gasteiger partial charge in [0.2, 0.25) is 0 Å². The molecule has 0 aromatic carbocycles. The Balaban J connectivity index is 2.33.